The quantitative estimate of drug-likeness (QED) is 0.791. The van der Waals surface area contributed by atoms with Gasteiger partial charge in [-0.3, -0.25) is 4.18 Å². The van der Waals surface area contributed by atoms with E-state index in [0.29, 0.717) is 0 Å². The van der Waals surface area contributed by atoms with Crippen molar-refractivity contribution in [2.45, 2.75) is 0 Å². The summed E-state index contributed by atoms with van der Waals surface area (Å²) in [6.07, 6.45) is 0. The molecular weight excluding hydrogens is 219 g/mol. The summed E-state index contributed by atoms with van der Waals surface area (Å²) in [4.78, 5) is 0. The molecule has 0 aliphatic carbocycles. The molecule has 1 aromatic rings. The van der Waals surface area contributed by atoms with Gasteiger partial charge in [-0.2, -0.15) is 0 Å². The zero-order chi connectivity index (χ0) is 9.84. The van der Waals surface area contributed by atoms with E-state index in [0.717, 1.165) is 12.7 Å². The van der Waals surface area contributed by atoms with Crippen LogP contribution in [0.5, 0.6) is 0 Å². The van der Waals surface area contributed by atoms with Crippen LogP contribution in [0.2, 0.25) is 5.02 Å². The summed E-state index contributed by atoms with van der Waals surface area (Å²) in [5.41, 5.74) is 0.0311. The molecule has 1 radical (unpaired) electrons. The molecule has 0 aliphatic rings. The minimum absolute atomic E-state index is 0.0311. The van der Waals surface area contributed by atoms with Crippen LogP contribution in [-0.4, -0.2) is 8.42 Å². The molecule has 0 spiro atoms. The van der Waals surface area contributed by atoms with Crippen LogP contribution in [0, 0.1) is 12.4 Å². The fourth-order valence-electron chi connectivity index (χ4n) is 0.697. The molecule has 1 aromatic carbocycles. The summed E-state index contributed by atoms with van der Waals surface area (Å²) < 4.78 is 37.0. The van der Waals surface area contributed by atoms with Gasteiger partial charge in [0.1, 0.15) is 12.4 Å². The van der Waals surface area contributed by atoms with E-state index in [1.165, 1.54) is 12.1 Å². The molecule has 0 heterocycles. The number of hydrogen-bond acceptors (Lipinski definition) is 3. The second kappa shape index (κ2) is 4.55. The van der Waals surface area contributed by atoms with E-state index in [4.69, 9.17) is 11.6 Å². The largest absolute Gasteiger partial charge is 0.261 e. The van der Waals surface area contributed by atoms with Gasteiger partial charge < -0.3 is 0 Å². The van der Waals surface area contributed by atoms with Crippen molar-refractivity contribution in [2.24, 2.45) is 0 Å². The summed E-state index contributed by atoms with van der Waals surface area (Å²) in [6.45, 7) is 0.803. The van der Waals surface area contributed by atoms with Crippen molar-refractivity contribution in [3.8, 4) is 0 Å². The van der Waals surface area contributed by atoms with Crippen molar-refractivity contribution in [3.05, 3.63) is 41.2 Å². The predicted molar refractivity (Wildman–Crippen MR) is 46.2 cm³/mol. The van der Waals surface area contributed by atoms with Gasteiger partial charge in [-0.25, -0.2) is 12.8 Å². The minimum Gasteiger partial charge on any atom is -0.261 e. The lowest BCUT2D eigenvalue weighted by Crippen LogP contribution is -1.91. The number of benzene rings is 1. The summed E-state index contributed by atoms with van der Waals surface area (Å²) in [7, 11) is -3.00. The first-order valence-electron chi connectivity index (χ1n) is 3.19. The second-order valence-electron chi connectivity index (χ2n) is 2.11. The SMILES string of the molecule is O=[SH](=O)O[CH]c1ccc(Cl)cc1F. The fraction of sp³-hybridized carbons (Fsp3) is 0. The standard InChI is InChI=1S/C7H5ClFO3S/c8-6-2-1-5(7(9)3-6)4-12-13(10)11/h1-4,13H. The average molecular weight is 224 g/mol. The molecule has 6 heteroatoms. The van der Waals surface area contributed by atoms with Crippen LogP contribution in [0.15, 0.2) is 18.2 Å². The summed E-state index contributed by atoms with van der Waals surface area (Å²) in [5.74, 6) is -0.635. The minimum atomic E-state index is -3.00. The topological polar surface area (TPSA) is 43.4 Å². The number of halogens is 2. The summed E-state index contributed by atoms with van der Waals surface area (Å²) in [5, 5.41) is 0.237. The zero-order valence-electron chi connectivity index (χ0n) is 6.24. The van der Waals surface area contributed by atoms with E-state index in [-0.39, 0.29) is 10.6 Å². The Labute approximate surface area is 81.2 Å². The molecule has 71 valence electrons. The average Bonchev–Trinajstić information content (AvgIpc) is 2.02. The Bertz CT molecular complexity index is 370. The lowest BCUT2D eigenvalue weighted by atomic mass is 10.2. The first-order chi connectivity index (χ1) is 6.09. The highest BCUT2D eigenvalue weighted by molar-refractivity contribution is 7.67. The number of thiol groups is 1. The molecule has 0 aromatic heterocycles. The van der Waals surface area contributed by atoms with Gasteiger partial charge in [-0.1, -0.05) is 17.7 Å². The van der Waals surface area contributed by atoms with Crippen molar-refractivity contribution >= 4 is 22.6 Å². The van der Waals surface area contributed by atoms with E-state index in [9.17, 15) is 12.8 Å². The van der Waals surface area contributed by atoms with Crippen molar-refractivity contribution in [3.63, 3.8) is 0 Å². The van der Waals surface area contributed by atoms with E-state index in [1.54, 1.807) is 0 Å². The van der Waals surface area contributed by atoms with Crippen LogP contribution in [0.1, 0.15) is 5.56 Å². The first-order valence-corrected chi connectivity index (χ1v) is 4.66. The van der Waals surface area contributed by atoms with Crippen molar-refractivity contribution in [1.29, 1.82) is 0 Å². The third-order valence-electron chi connectivity index (χ3n) is 1.23. The van der Waals surface area contributed by atoms with Crippen LogP contribution in [0.3, 0.4) is 0 Å². The molecule has 0 saturated heterocycles. The van der Waals surface area contributed by atoms with E-state index >= 15 is 0 Å². The Morgan fingerprint density at radius 2 is 2.15 bits per heavy atom. The van der Waals surface area contributed by atoms with Gasteiger partial charge in [0.2, 0.25) is 0 Å². The van der Waals surface area contributed by atoms with Crippen LogP contribution < -0.4 is 0 Å². The predicted octanol–water partition coefficient (Wildman–Crippen LogP) is 1.53. The summed E-state index contributed by atoms with van der Waals surface area (Å²) >= 11 is 5.47. The molecule has 0 atom stereocenters. The lowest BCUT2D eigenvalue weighted by molar-refractivity contribution is 0.423. The van der Waals surface area contributed by atoms with Crippen molar-refractivity contribution in [2.75, 3.05) is 0 Å². The highest BCUT2D eigenvalue weighted by Crippen LogP contribution is 2.16. The molecule has 13 heavy (non-hydrogen) atoms. The van der Waals surface area contributed by atoms with E-state index in [2.05, 4.69) is 4.18 Å². The van der Waals surface area contributed by atoms with Gasteiger partial charge in [0.15, 0.2) is 0 Å². The van der Waals surface area contributed by atoms with Crippen LogP contribution >= 0.6 is 11.6 Å². The smallest absolute Gasteiger partial charge is 0.257 e. The summed E-state index contributed by atoms with van der Waals surface area (Å²) in [6, 6.07) is 3.81. The first kappa shape index (κ1) is 10.4. The molecule has 0 saturated carbocycles. The fourth-order valence-corrected chi connectivity index (χ4v) is 1.06. The van der Waals surface area contributed by atoms with Crippen molar-refractivity contribution < 1.29 is 17.0 Å². The molecule has 0 bridgehead atoms. The Balaban J connectivity index is 2.77. The van der Waals surface area contributed by atoms with Crippen molar-refractivity contribution in [1.82, 2.24) is 0 Å². The van der Waals surface area contributed by atoms with Gasteiger partial charge in [-0.05, 0) is 12.1 Å². The molecule has 0 fully saturated rings. The monoisotopic (exact) mass is 223 g/mol. The Kier molecular flexibility index (Phi) is 3.65. The Hall–Kier alpha value is -0.650. The lowest BCUT2D eigenvalue weighted by Gasteiger charge is -1.99. The number of rotatable bonds is 3. The molecule has 0 N–H and O–H groups in total. The molecule has 3 nitrogen and oxygen atoms in total. The molecule has 0 unspecified atom stereocenters. The molecular formula is C7H5ClFO3S. The van der Waals surface area contributed by atoms with Gasteiger partial charge in [0, 0.05) is 10.6 Å². The van der Waals surface area contributed by atoms with Gasteiger partial charge in [0.05, 0.1) is 0 Å². The third kappa shape index (κ3) is 3.30. The van der Waals surface area contributed by atoms with Crippen LogP contribution in [0.4, 0.5) is 4.39 Å². The van der Waals surface area contributed by atoms with E-state index < -0.39 is 16.8 Å². The van der Waals surface area contributed by atoms with Gasteiger partial charge in [0.25, 0.3) is 11.0 Å². The highest BCUT2D eigenvalue weighted by Gasteiger charge is 2.03. The molecule has 0 amide bonds. The normalized spacial score (nSPS) is 10.7. The second-order valence-corrected chi connectivity index (χ2v) is 3.21. The maximum Gasteiger partial charge on any atom is 0.257 e. The zero-order valence-corrected chi connectivity index (χ0v) is 7.89. The van der Waals surface area contributed by atoms with Gasteiger partial charge >= 0.3 is 0 Å². The Morgan fingerprint density at radius 1 is 1.46 bits per heavy atom. The molecule has 1 rings (SSSR count). The maximum atomic E-state index is 12.9. The third-order valence-corrected chi connectivity index (χ3v) is 1.74. The highest BCUT2D eigenvalue weighted by atomic mass is 35.5. The number of hydrogen-bond donors (Lipinski definition) is 1. The Morgan fingerprint density at radius 3 is 2.69 bits per heavy atom. The van der Waals surface area contributed by atoms with Crippen LogP contribution in [-0.2, 0) is 15.2 Å². The van der Waals surface area contributed by atoms with E-state index in [1.807, 2.05) is 0 Å². The maximum absolute atomic E-state index is 12.9. The van der Waals surface area contributed by atoms with Crippen LogP contribution in [0.25, 0.3) is 0 Å². The van der Waals surface area contributed by atoms with Gasteiger partial charge in [-0.15, -0.1) is 0 Å². The molecule has 0 aliphatic heterocycles.